The lowest BCUT2D eigenvalue weighted by Gasteiger charge is -2.05. The molecule has 2 aromatic rings. The maximum atomic E-state index is 4.09. The van der Waals surface area contributed by atoms with Gasteiger partial charge in [-0.1, -0.05) is 18.2 Å². The van der Waals surface area contributed by atoms with Gasteiger partial charge in [0, 0.05) is 37.0 Å². The lowest BCUT2D eigenvalue weighted by molar-refractivity contribution is 0.683. The Labute approximate surface area is 106 Å². The molecule has 4 heteroatoms. The standard InChI is InChI=1S/C13H17N3S/c1-16-11-15-10-12(16)9-14-7-8-17-13-5-3-2-4-6-13/h2-6,10-11,14H,7-9H2,1H3. The van der Waals surface area contributed by atoms with Gasteiger partial charge in [-0.05, 0) is 12.1 Å². The molecule has 0 fully saturated rings. The predicted molar refractivity (Wildman–Crippen MR) is 72.1 cm³/mol. The van der Waals surface area contributed by atoms with Gasteiger partial charge in [0.25, 0.3) is 0 Å². The van der Waals surface area contributed by atoms with Gasteiger partial charge in [-0.3, -0.25) is 0 Å². The molecule has 0 bridgehead atoms. The van der Waals surface area contributed by atoms with Gasteiger partial charge in [0.05, 0.1) is 12.0 Å². The average Bonchev–Trinajstić information content (AvgIpc) is 2.76. The van der Waals surface area contributed by atoms with Crippen molar-refractivity contribution in [1.29, 1.82) is 0 Å². The van der Waals surface area contributed by atoms with Crippen LogP contribution in [0.1, 0.15) is 5.69 Å². The molecule has 2 rings (SSSR count). The quantitative estimate of drug-likeness (QED) is 0.627. The molecule has 0 saturated heterocycles. The van der Waals surface area contributed by atoms with Crippen molar-refractivity contribution >= 4 is 11.8 Å². The summed E-state index contributed by atoms with van der Waals surface area (Å²) >= 11 is 1.88. The molecule has 1 aromatic heterocycles. The maximum Gasteiger partial charge on any atom is 0.0945 e. The molecule has 0 aliphatic heterocycles. The molecule has 0 unspecified atom stereocenters. The van der Waals surface area contributed by atoms with E-state index in [1.165, 1.54) is 10.6 Å². The van der Waals surface area contributed by atoms with Crippen molar-refractivity contribution in [2.45, 2.75) is 11.4 Å². The molecule has 1 N–H and O–H groups in total. The van der Waals surface area contributed by atoms with Crippen molar-refractivity contribution in [3.8, 4) is 0 Å². The van der Waals surface area contributed by atoms with E-state index in [1.54, 1.807) is 0 Å². The molecule has 0 aliphatic carbocycles. The third kappa shape index (κ3) is 3.91. The highest BCUT2D eigenvalue weighted by atomic mass is 32.2. The molecule has 0 atom stereocenters. The minimum atomic E-state index is 0.881. The van der Waals surface area contributed by atoms with Crippen LogP contribution in [-0.4, -0.2) is 21.8 Å². The molecule has 0 aliphatic rings. The minimum absolute atomic E-state index is 0.881. The summed E-state index contributed by atoms with van der Waals surface area (Å²) in [7, 11) is 2.02. The second-order valence-corrected chi connectivity index (χ2v) is 5.00. The van der Waals surface area contributed by atoms with Crippen molar-refractivity contribution in [1.82, 2.24) is 14.9 Å². The van der Waals surface area contributed by atoms with Crippen LogP contribution in [-0.2, 0) is 13.6 Å². The number of hydrogen-bond acceptors (Lipinski definition) is 3. The van der Waals surface area contributed by atoms with Gasteiger partial charge in [0.1, 0.15) is 0 Å². The Morgan fingerprint density at radius 3 is 2.82 bits per heavy atom. The first-order valence-corrected chi connectivity index (χ1v) is 6.68. The molecule has 0 radical (unpaired) electrons. The van der Waals surface area contributed by atoms with Gasteiger partial charge in [0.15, 0.2) is 0 Å². The highest BCUT2D eigenvalue weighted by Crippen LogP contribution is 2.15. The van der Waals surface area contributed by atoms with Crippen LogP contribution in [0.15, 0.2) is 47.8 Å². The van der Waals surface area contributed by atoms with Crippen LogP contribution < -0.4 is 5.32 Å². The molecule has 3 nitrogen and oxygen atoms in total. The van der Waals surface area contributed by atoms with Crippen LogP contribution in [0.25, 0.3) is 0 Å². The number of imidazole rings is 1. The van der Waals surface area contributed by atoms with Crippen LogP contribution >= 0.6 is 11.8 Å². The summed E-state index contributed by atoms with van der Waals surface area (Å²) in [6.07, 6.45) is 3.73. The van der Waals surface area contributed by atoms with E-state index in [9.17, 15) is 0 Å². The molecule has 90 valence electrons. The topological polar surface area (TPSA) is 29.9 Å². The Bertz CT molecular complexity index is 439. The van der Waals surface area contributed by atoms with Crippen LogP contribution in [0, 0.1) is 0 Å². The lowest BCUT2D eigenvalue weighted by Crippen LogP contribution is -2.18. The Kier molecular flexibility index (Phi) is 4.64. The molecule has 17 heavy (non-hydrogen) atoms. The van der Waals surface area contributed by atoms with E-state index in [0.29, 0.717) is 0 Å². The highest BCUT2D eigenvalue weighted by molar-refractivity contribution is 7.99. The number of nitrogens with zero attached hydrogens (tertiary/aromatic N) is 2. The summed E-state index contributed by atoms with van der Waals surface area (Å²) < 4.78 is 2.04. The Hall–Kier alpha value is -1.26. The maximum absolute atomic E-state index is 4.09. The van der Waals surface area contributed by atoms with E-state index in [1.807, 2.05) is 42.0 Å². The summed E-state index contributed by atoms with van der Waals surface area (Å²) in [5.41, 5.74) is 1.22. The number of aromatic nitrogens is 2. The van der Waals surface area contributed by atoms with Crippen molar-refractivity contribution in [3.05, 3.63) is 48.5 Å². The molecular weight excluding hydrogens is 230 g/mol. The number of rotatable bonds is 6. The minimum Gasteiger partial charge on any atom is -0.337 e. The number of hydrogen-bond donors (Lipinski definition) is 1. The fourth-order valence-electron chi connectivity index (χ4n) is 1.53. The molecule has 1 heterocycles. The van der Waals surface area contributed by atoms with Crippen molar-refractivity contribution < 1.29 is 0 Å². The van der Waals surface area contributed by atoms with E-state index >= 15 is 0 Å². The fourth-order valence-corrected chi connectivity index (χ4v) is 2.36. The SMILES string of the molecule is Cn1cncc1CNCCSc1ccccc1. The zero-order chi connectivity index (χ0) is 11.9. The van der Waals surface area contributed by atoms with E-state index in [-0.39, 0.29) is 0 Å². The van der Waals surface area contributed by atoms with Gasteiger partial charge in [-0.2, -0.15) is 0 Å². The second kappa shape index (κ2) is 6.47. The van der Waals surface area contributed by atoms with Crippen LogP contribution in [0.5, 0.6) is 0 Å². The van der Waals surface area contributed by atoms with Crippen molar-refractivity contribution in [3.63, 3.8) is 0 Å². The summed E-state index contributed by atoms with van der Waals surface area (Å²) in [5, 5.41) is 3.42. The normalized spacial score (nSPS) is 10.6. The smallest absolute Gasteiger partial charge is 0.0945 e. The number of benzene rings is 1. The number of nitrogens with one attached hydrogen (secondary N) is 1. The molecule has 0 saturated carbocycles. The summed E-state index contributed by atoms with van der Waals surface area (Å²) in [6.45, 7) is 1.89. The monoisotopic (exact) mass is 247 g/mol. The first-order chi connectivity index (χ1) is 8.36. The third-order valence-corrected chi connectivity index (χ3v) is 3.53. The predicted octanol–water partition coefficient (Wildman–Crippen LogP) is 2.30. The Morgan fingerprint density at radius 2 is 2.12 bits per heavy atom. The van der Waals surface area contributed by atoms with Gasteiger partial charge in [-0.25, -0.2) is 4.98 Å². The van der Waals surface area contributed by atoms with Gasteiger partial charge >= 0.3 is 0 Å². The number of aryl methyl sites for hydroxylation is 1. The van der Waals surface area contributed by atoms with Crippen LogP contribution in [0.3, 0.4) is 0 Å². The summed E-state index contributed by atoms with van der Waals surface area (Å²) in [4.78, 5) is 5.41. The lowest BCUT2D eigenvalue weighted by atomic mass is 10.4. The van der Waals surface area contributed by atoms with Crippen LogP contribution in [0.4, 0.5) is 0 Å². The first-order valence-electron chi connectivity index (χ1n) is 5.70. The van der Waals surface area contributed by atoms with Gasteiger partial charge < -0.3 is 9.88 Å². The molecule has 1 aromatic carbocycles. The van der Waals surface area contributed by atoms with E-state index in [0.717, 1.165) is 18.8 Å². The summed E-state index contributed by atoms with van der Waals surface area (Å²) in [6, 6.07) is 10.5. The van der Waals surface area contributed by atoms with Crippen LogP contribution in [0.2, 0.25) is 0 Å². The number of thioether (sulfide) groups is 1. The van der Waals surface area contributed by atoms with Gasteiger partial charge in [0.2, 0.25) is 0 Å². The Morgan fingerprint density at radius 1 is 1.29 bits per heavy atom. The Balaban J connectivity index is 1.63. The molecule has 0 amide bonds. The fraction of sp³-hybridized carbons (Fsp3) is 0.308. The van der Waals surface area contributed by atoms with Crippen molar-refractivity contribution in [2.24, 2.45) is 7.05 Å². The molecular formula is C13H17N3S. The zero-order valence-corrected chi connectivity index (χ0v) is 10.8. The first kappa shape index (κ1) is 12.2. The van der Waals surface area contributed by atoms with E-state index in [2.05, 4.69) is 34.6 Å². The third-order valence-electron chi connectivity index (χ3n) is 2.51. The molecule has 0 spiro atoms. The second-order valence-electron chi connectivity index (χ2n) is 3.83. The van der Waals surface area contributed by atoms with E-state index in [4.69, 9.17) is 0 Å². The average molecular weight is 247 g/mol. The largest absolute Gasteiger partial charge is 0.337 e. The van der Waals surface area contributed by atoms with Crippen molar-refractivity contribution in [2.75, 3.05) is 12.3 Å². The highest BCUT2D eigenvalue weighted by Gasteiger charge is 1.97. The van der Waals surface area contributed by atoms with E-state index < -0.39 is 0 Å². The zero-order valence-electron chi connectivity index (χ0n) is 9.97. The van der Waals surface area contributed by atoms with Gasteiger partial charge in [-0.15, -0.1) is 11.8 Å². The summed E-state index contributed by atoms with van der Waals surface area (Å²) in [5.74, 6) is 1.09.